The molecule has 2 amide bonds. The molecule has 4 rings (SSSR count). The number of benzene rings is 4. The minimum absolute atomic E-state index is 0.280. The van der Waals surface area contributed by atoms with Crippen molar-refractivity contribution in [2.45, 2.75) is 32.9 Å². The van der Waals surface area contributed by atoms with Crippen molar-refractivity contribution >= 4 is 17.5 Å². The largest absolute Gasteiger partial charge is 0.480 e. The molecule has 0 aromatic heterocycles. The molecule has 1 atom stereocenters. The molecule has 0 radical (unpaired) electrons. The van der Waals surface area contributed by atoms with Crippen LogP contribution in [0.2, 0.25) is 0 Å². The second-order valence-electron chi connectivity index (χ2n) is 8.72. The van der Waals surface area contributed by atoms with Crippen LogP contribution in [-0.4, -0.2) is 17.9 Å². The van der Waals surface area contributed by atoms with Crippen molar-refractivity contribution in [3.8, 4) is 5.75 Å². The highest BCUT2D eigenvalue weighted by Crippen LogP contribution is 2.25. The van der Waals surface area contributed by atoms with E-state index in [1.54, 1.807) is 31.2 Å². The molecule has 36 heavy (non-hydrogen) atoms. The first-order valence-corrected chi connectivity index (χ1v) is 12.0. The maximum atomic E-state index is 13.2. The number of rotatable bonds is 8. The molecule has 0 bridgehead atoms. The SMILES string of the molecule is Cc1cccc(NC(=O)c2ccccc2O[C@H](C)C(=O)NC(c2ccccc2)c2ccccc2)c1C. The van der Waals surface area contributed by atoms with Crippen LogP contribution in [0.15, 0.2) is 103 Å². The third kappa shape index (κ3) is 5.81. The summed E-state index contributed by atoms with van der Waals surface area (Å²) in [6.07, 6.45) is -0.824. The first kappa shape index (κ1) is 24.7. The molecule has 4 aromatic carbocycles. The van der Waals surface area contributed by atoms with Crippen molar-refractivity contribution in [2.24, 2.45) is 0 Å². The summed E-state index contributed by atoms with van der Waals surface area (Å²) < 4.78 is 6.02. The zero-order valence-corrected chi connectivity index (χ0v) is 20.7. The number of para-hydroxylation sites is 1. The Hall–Kier alpha value is -4.38. The third-order valence-electron chi connectivity index (χ3n) is 6.21. The van der Waals surface area contributed by atoms with Gasteiger partial charge in [-0.25, -0.2) is 0 Å². The van der Waals surface area contributed by atoms with Crippen LogP contribution in [-0.2, 0) is 4.79 Å². The summed E-state index contributed by atoms with van der Waals surface area (Å²) in [4.78, 5) is 26.3. The Bertz CT molecular complexity index is 1300. The molecule has 5 nitrogen and oxygen atoms in total. The highest BCUT2D eigenvalue weighted by atomic mass is 16.5. The lowest BCUT2D eigenvalue weighted by molar-refractivity contribution is -0.127. The quantitative estimate of drug-likeness (QED) is 0.316. The summed E-state index contributed by atoms with van der Waals surface area (Å²) in [6, 6.07) is 32.0. The molecular formula is C31H30N2O3. The molecule has 0 saturated heterocycles. The lowest BCUT2D eigenvalue weighted by Gasteiger charge is -2.23. The van der Waals surface area contributed by atoms with Gasteiger partial charge in [0.2, 0.25) is 0 Å². The maximum Gasteiger partial charge on any atom is 0.261 e. The van der Waals surface area contributed by atoms with Crippen LogP contribution in [0.1, 0.15) is 45.6 Å². The minimum Gasteiger partial charge on any atom is -0.480 e. The van der Waals surface area contributed by atoms with Crippen LogP contribution in [0.3, 0.4) is 0 Å². The zero-order valence-electron chi connectivity index (χ0n) is 20.7. The Morgan fingerprint density at radius 3 is 1.94 bits per heavy atom. The third-order valence-corrected chi connectivity index (χ3v) is 6.21. The average molecular weight is 479 g/mol. The van der Waals surface area contributed by atoms with Gasteiger partial charge in [-0.3, -0.25) is 9.59 Å². The molecule has 2 N–H and O–H groups in total. The summed E-state index contributed by atoms with van der Waals surface area (Å²) in [6.45, 7) is 5.65. The predicted molar refractivity (Wildman–Crippen MR) is 143 cm³/mol. The Morgan fingerprint density at radius 1 is 0.722 bits per heavy atom. The molecule has 0 aliphatic carbocycles. The van der Waals surface area contributed by atoms with E-state index >= 15 is 0 Å². The highest BCUT2D eigenvalue weighted by molar-refractivity contribution is 6.06. The zero-order chi connectivity index (χ0) is 25.5. The van der Waals surface area contributed by atoms with Crippen molar-refractivity contribution in [1.29, 1.82) is 0 Å². The number of aryl methyl sites for hydroxylation is 1. The Balaban J connectivity index is 1.51. The summed E-state index contributed by atoms with van der Waals surface area (Å²) >= 11 is 0. The van der Waals surface area contributed by atoms with E-state index in [-0.39, 0.29) is 17.9 Å². The van der Waals surface area contributed by atoms with E-state index in [1.165, 1.54) is 0 Å². The summed E-state index contributed by atoms with van der Waals surface area (Å²) in [5.41, 5.74) is 5.14. The van der Waals surface area contributed by atoms with Crippen LogP contribution in [0.25, 0.3) is 0 Å². The van der Waals surface area contributed by atoms with Gasteiger partial charge in [0, 0.05) is 5.69 Å². The van der Waals surface area contributed by atoms with Gasteiger partial charge in [0.15, 0.2) is 6.10 Å². The van der Waals surface area contributed by atoms with Gasteiger partial charge in [0.25, 0.3) is 11.8 Å². The second kappa shape index (κ2) is 11.4. The smallest absolute Gasteiger partial charge is 0.261 e. The van der Waals surface area contributed by atoms with Gasteiger partial charge in [0.1, 0.15) is 5.75 Å². The molecule has 182 valence electrons. The van der Waals surface area contributed by atoms with Gasteiger partial charge in [0.05, 0.1) is 11.6 Å². The number of anilines is 1. The topological polar surface area (TPSA) is 67.4 Å². The van der Waals surface area contributed by atoms with Crippen molar-refractivity contribution in [2.75, 3.05) is 5.32 Å². The van der Waals surface area contributed by atoms with Crippen LogP contribution >= 0.6 is 0 Å². The summed E-state index contributed by atoms with van der Waals surface area (Å²) in [5.74, 6) is -0.227. The van der Waals surface area contributed by atoms with Crippen LogP contribution < -0.4 is 15.4 Å². The van der Waals surface area contributed by atoms with E-state index in [9.17, 15) is 9.59 Å². The number of hydrogen-bond donors (Lipinski definition) is 2. The molecule has 0 unspecified atom stereocenters. The number of carbonyl (C=O) groups is 2. The second-order valence-corrected chi connectivity index (χ2v) is 8.72. The monoisotopic (exact) mass is 478 g/mol. The van der Waals surface area contributed by atoms with E-state index in [1.807, 2.05) is 92.7 Å². The van der Waals surface area contributed by atoms with Crippen LogP contribution in [0.4, 0.5) is 5.69 Å². The maximum absolute atomic E-state index is 13.2. The Labute approximate surface area is 212 Å². The first-order chi connectivity index (χ1) is 17.4. The standard InChI is InChI=1S/C31H30N2O3/c1-21-13-12-19-27(22(21)2)32-31(35)26-18-10-11-20-28(26)36-23(3)30(34)33-29(24-14-6-4-7-15-24)25-16-8-5-9-17-25/h4-20,23,29H,1-3H3,(H,32,35)(H,33,34)/t23-/m1/s1. The van der Waals surface area contributed by atoms with Gasteiger partial charge in [-0.1, -0.05) is 84.9 Å². The molecule has 0 fully saturated rings. The van der Waals surface area contributed by atoms with E-state index in [4.69, 9.17) is 4.74 Å². The van der Waals surface area contributed by atoms with Gasteiger partial charge in [-0.15, -0.1) is 0 Å². The van der Waals surface area contributed by atoms with Gasteiger partial charge >= 0.3 is 0 Å². The molecule has 0 heterocycles. The van der Waals surface area contributed by atoms with E-state index < -0.39 is 6.10 Å². The van der Waals surface area contributed by atoms with Crippen LogP contribution in [0.5, 0.6) is 5.75 Å². The van der Waals surface area contributed by atoms with Gasteiger partial charge in [-0.05, 0) is 61.2 Å². The number of hydrogen-bond acceptors (Lipinski definition) is 3. The molecule has 4 aromatic rings. The van der Waals surface area contributed by atoms with E-state index in [0.29, 0.717) is 11.3 Å². The number of carbonyl (C=O) groups excluding carboxylic acids is 2. The summed E-state index contributed by atoms with van der Waals surface area (Å²) in [5, 5.41) is 6.07. The highest BCUT2D eigenvalue weighted by Gasteiger charge is 2.23. The normalized spacial score (nSPS) is 11.6. The van der Waals surface area contributed by atoms with Crippen LogP contribution in [0, 0.1) is 13.8 Å². The van der Waals surface area contributed by atoms with E-state index in [2.05, 4.69) is 10.6 Å². The Morgan fingerprint density at radius 2 is 1.31 bits per heavy atom. The number of ether oxygens (including phenoxy) is 1. The van der Waals surface area contributed by atoms with E-state index in [0.717, 1.165) is 27.9 Å². The van der Waals surface area contributed by atoms with Crippen molar-refractivity contribution in [3.63, 3.8) is 0 Å². The molecule has 0 saturated carbocycles. The lowest BCUT2D eigenvalue weighted by Crippen LogP contribution is -2.39. The van der Waals surface area contributed by atoms with Gasteiger partial charge < -0.3 is 15.4 Å². The minimum atomic E-state index is -0.824. The lowest BCUT2D eigenvalue weighted by atomic mass is 9.98. The fraction of sp³-hybridized carbons (Fsp3) is 0.161. The molecule has 5 heteroatoms. The van der Waals surface area contributed by atoms with Gasteiger partial charge in [-0.2, -0.15) is 0 Å². The summed E-state index contributed by atoms with van der Waals surface area (Å²) in [7, 11) is 0. The van der Waals surface area contributed by atoms with Crippen molar-refractivity contribution in [3.05, 3.63) is 131 Å². The molecule has 0 aliphatic heterocycles. The Kier molecular flexibility index (Phi) is 7.81. The first-order valence-electron chi connectivity index (χ1n) is 12.0. The molecule has 0 spiro atoms. The number of amides is 2. The number of nitrogens with one attached hydrogen (secondary N) is 2. The predicted octanol–water partition coefficient (Wildman–Crippen LogP) is 6.23. The molecule has 0 aliphatic rings. The van der Waals surface area contributed by atoms with Crippen molar-refractivity contribution in [1.82, 2.24) is 5.32 Å². The fourth-order valence-electron chi connectivity index (χ4n) is 3.99. The average Bonchev–Trinajstić information content (AvgIpc) is 2.91. The molecular weight excluding hydrogens is 448 g/mol. The fourth-order valence-corrected chi connectivity index (χ4v) is 3.99. The van der Waals surface area contributed by atoms with Crippen molar-refractivity contribution < 1.29 is 14.3 Å².